The largest absolute Gasteiger partial charge is 0.398 e. The maximum absolute atomic E-state index is 10.9. The van der Waals surface area contributed by atoms with Crippen LogP contribution in [0.1, 0.15) is 0 Å². The molecule has 0 unspecified atom stereocenters. The maximum Gasteiger partial charge on any atom is 0.298 e. The van der Waals surface area contributed by atoms with Gasteiger partial charge in [0.15, 0.2) is 5.69 Å². The number of nitro groups is 1. The molecule has 2 aromatic carbocycles. The predicted octanol–water partition coefficient (Wildman–Crippen LogP) is 4.90. The smallest absolute Gasteiger partial charge is 0.298 e. The highest BCUT2D eigenvalue weighted by Crippen LogP contribution is 2.32. The van der Waals surface area contributed by atoms with Crippen LogP contribution in [-0.4, -0.2) is 4.92 Å². The molecule has 2 N–H and O–H groups in total. The van der Waals surface area contributed by atoms with E-state index in [-0.39, 0.29) is 16.4 Å². The first-order valence-corrected chi connectivity index (χ1v) is 6.13. The number of nitrogen functional groups attached to an aromatic ring is 1. The Hall–Kier alpha value is -2.18. The lowest BCUT2D eigenvalue weighted by atomic mass is 10.3. The minimum Gasteiger partial charge on any atom is -0.398 e. The number of hydrogen-bond acceptors (Lipinski definition) is 5. The normalized spacial score (nSPS) is 10.9. The van der Waals surface area contributed by atoms with Crippen molar-refractivity contribution >= 4 is 46.0 Å². The zero-order valence-electron chi connectivity index (χ0n) is 9.96. The summed E-state index contributed by atoms with van der Waals surface area (Å²) in [6.45, 7) is 0. The summed E-state index contributed by atoms with van der Waals surface area (Å²) in [5.74, 6) is 0. The molecule has 0 aliphatic carbocycles. The minimum atomic E-state index is -0.573. The Bertz CT molecular complexity index is 704. The zero-order valence-corrected chi connectivity index (χ0v) is 11.5. The number of halogens is 2. The first kappa shape index (κ1) is 14.2. The third kappa shape index (κ3) is 3.23. The van der Waals surface area contributed by atoms with Crippen molar-refractivity contribution in [1.29, 1.82) is 0 Å². The molecule has 0 amide bonds. The van der Waals surface area contributed by atoms with Crippen LogP contribution in [0.15, 0.2) is 46.6 Å². The van der Waals surface area contributed by atoms with Crippen molar-refractivity contribution in [3.63, 3.8) is 0 Å². The van der Waals surface area contributed by atoms with Crippen molar-refractivity contribution in [3.8, 4) is 0 Å². The lowest BCUT2D eigenvalue weighted by Crippen LogP contribution is -1.88. The number of benzene rings is 2. The number of nitrogens with zero attached hydrogens (tertiary/aromatic N) is 3. The third-order valence-electron chi connectivity index (χ3n) is 2.39. The van der Waals surface area contributed by atoms with Gasteiger partial charge >= 0.3 is 0 Å². The Morgan fingerprint density at radius 3 is 2.50 bits per heavy atom. The van der Waals surface area contributed by atoms with E-state index in [2.05, 4.69) is 10.2 Å². The molecule has 0 saturated heterocycles. The van der Waals surface area contributed by atoms with E-state index in [1.54, 1.807) is 12.1 Å². The van der Waals surface area contributed by atoms with E-state index in [0.29, 0.717) is 16.4 Å². The number of rotatable bonds is 3. The van der Waals surface area contributed by atoms with Crippen LogP contribution in [-0.2, 0) is 0 Å². The van der Waals surface area contributed by atoms with Gasteiger partial charge in [-0.1, -0.05) is 23.2 Å². The summed E-state index contributed by atoms with van der Waals surface area (Å²) in [6.07, 6.45) is 0. The molecule has 0 aliphatic rings. The molecule has 0 bridgehead atoms. The summed E-state index contributed by atoms with van der Waals surface area (Å²) >= 11 is 11.6. The van der Waals surface area contributed by atoms with Gasteiger partial charge in [0.2, 0.25) is 0 Å². The highest BCUT2D eigenvalue weighted by molar-refractivity contribution is 6.33. The Kier molecular flexibility index (Phi) is 4.16. The van der Waals surface area contributed by atoms with E-state index < -0.39 is 4.92 Å². The molecular formula is C12H8Cl2N4O2. The molecule has 2 rings (SSSR count). The molecule has 0 saturated carbocycles. The van der Waals surface area contributed by atoms with E-state index in [4.69, 9.17) is 28.9 Å². The Balaban J connectivity index is 2.36. The number of azo groups is 1. The van der Waals surface area contributed by atoms with Gasteiger partial charge in [-0.3, -0.25) is 10.1 Å². The lowest BCUT2D eigenvalue weighted by molar-refractivity contribution is -0.384. The van der Waals surface area contributed by atoms with Gasteiger partial charge in [0.05, 0.1) is 21.3 Å². The second-order valence-corrected chi connectivity index (χ2v) is 4.64. The first-order chi connectivity index (χ1) is 9.47. The topological polar surface area (TPSA) is 93.9 Å². The fourth-order valence-corrected chi connectivity index (χ4v) is 1.76. The predicted molar refractivity (Wildman–Crippen MR) is 78.1 cm³/mol. The van der Waals surface area contributed by atoms with Crippen molar-refractivity contribution < 1.29 is 4.92 Å². The summed E-state index contributed by atoms with van der Waals surface area (Å²) in [5, 5.41) is 19.2. The Labute approximate surface area is 124 Å². The molecular weight excluding hydrogens is 303 g/mol. The standard InChI is InChI=1S/C12H8Cl2N4O2/c13-7-1-4-11(12(5-7)18(19)20)17-16-8-2-3-10(15)9(14)6-8/h1-6H,15H2. The Morgan fingerprint density at radius 1 is 1.10 bits per heavy atom. The number of nitrogens with two attached hydrogens (primary N) is 1. The van der Waals surface area contributed by atoms with Crippen molar-refractivity contribution in [3.05, 3.63) is 56.6 Å². The van der Waals surface area contributed by atoms with E-state index in [1.807, 2.05) is 0 Å². The van der Waals surface area contributed by atoms with Gasteiger partial charge in [-0.25, -0.2) is 0 Å². The van der Waals surface area contributed by atoms with Gasteiger partial charge in [0, 0.05) is 11.1 Å². The number of hydrogen-bond donors (Lipinski definition) is 1. The second kappa shape index (κ2) is 5.85. The monoisotopic (exact) mass is 310 g/mol. The summed E-state index contributed by atoms with van der Waals surface area (Å²) in [7, 11) is 0. The summed E-state index contributed by atoms with van der Waals surface area (Å²) in [5.41, 5.74) is 6.31. The van der Waals surface area contributed by atoms with Gasteiger partial charge in [-0.2, -0.15) is 5.11 Å². The van der Waals surface area contributed by atoms with Gasteiger partial charge < -0.3 is 5.73 Å². The molecule has 20 heavy (non-hydrogen) atoms. The molecule has 0 radical (unpaired) electrons. The third-order valence-corrected chi connectivity index (χ3v) is 2.95. The van der Waals surface area contributed by atoms with Crippen LogP contribution in [0.2, 0.25) is 10.0 Å². The molecule has 0 aliphatic heterocycles. The SMILES string of the molecule is Nc1ccc(N=Nc2ccc(Cl)cc2[N+](=O)[O-])cc1Cl. The molecule has 0 aromatic heterocycles. The number of anilines is 1. The van der Waals surface area contributed by atoms with Crippen LogP contribution in [0.4, 0.5) is 22.7 Å². The summed E-state index contributed by atoms with van der Waals surface area (Å²) in [6, 6.07) is 8.83. The van der Waals surface area contributed by atoms with E-state index in [9.17, 15) is 10.1 Å². The maximum atomic E-state index is 10.9. The van der Waals surface area contributed by atoms with Crippen LogP contribution in [0.3, 0.4) is 0 Å². The van der Waals surface area contributed by atoms with Gasteiger partial charge in [0.25, 0.3) is 5.69 Å². The molecule has 102 valence electrons. The summed E-state index contributed by atoms with van der Waals surface area (Å²) in [4.78, 5) is 10.3. The molecule has 6 nitrogen and oxygen atoms in total. The van der Waals surface area contributed by atoms with Crippen LogP contribution in [0, 0.1) is 10.1 Å². The van der Waals surface area contributed by atoms with Crippen LogP contribution in [0.25, 0.3) is 0 Å². The highest BCUT2D eigenvalue weighted by Gasteiger charge is 2.13. The van der Waals surface area contributed by atoms with Crippen molar-refractivity contribution in [1.82, 2.24) is 0 Å². The highest BCUT2D eigenvalue weighted by atomic mass is 35.5. The molecule has 0 heterocycles. The average Bonchev–Trinajstić information content (AvgIpc) is 2.41. The van der Waals surface area contributed by atoms with Crippen molar-refractivity contribution in [2.24, 2.45) is 10.2 Å². The van der Waals surface area contributed by atoms with Crippen LogP contribution >= 0.6 is 23.2 Å². The molecule has 2 aromatic rings. The fourth-order valence-electron chi connectivity index (χ4n) is 1.42. The molecule has 8 heteroatoms. The zero-order chi connectivity index (χ0) is 14.7. The van der Waals surface area contributed by atoms with Crippen molar-refractivity contribution in [2.75, 3.05) is 5.73 Å². The minimum absolute atomic E-state index is 0.104. The van der Waals surface area contributed by atoms with E-state index in [0.717, 1.165) is 0 Å². The van der Waals surface area contributed by atoms with Gasteiger partial charge in [0.1, 0.15) is 0 Å². The fraction of sp³-hybridized carbons (Fsp3) is 0. The number of nitro benzene ring substituents is 1. The molecule has 0 spiro atoms. The first-order valence-electron chi connectivity index (χ1n) is 5.38. The second-order valence-electron chi connectivity index (χ2n) is 3.80. The summed E-state index contributed by atoms with van der Waals surface area (Å²) < 4.78 is 0. The van der Waals surface area contributed by atoms with Crippen LogP contribution in [0.5, 0.6) is 0 Å². The average molecular weight is 311 g/mol. The van der Waals surface area contributed by atoms with Gasteiger partial charge in [-0.05, 0) is 30.3 Å². The van der Waals surface area contributed by atoms with Crippen molar-refractivity contribution in [2.45, 2.75) is 0 Å². The lowest BCUT2D eigenvalue weighted by Gasteiger charge is -1.99. The van der Waals surface area contributed by atoms with Gasteiger partial charge in [-0.15, -0.1) is 5.11 Å². The molecule has 0 atom stereocenters. The molecule has 0 fully saturated rings. The van der Waals surface area contributed by atoms with E-state index in [1.165, 1.54) is 24.3 Å². The van der Waals surface area contributed by atoms with E-state index >= 15 is 0 Å². The quantitative estimate of drug-likeness (QED) is 0.378. The Morgan fingerprint density at radius 2 is 1.85 bits per heavy atom. The van der Waals surface area contributed by atoms with Crippen LogP contribution < -0.4 is 5.73 Å².